The van der Waals surface area contributed by atoms with Crippen LogP contribution >= 0.6 is 0 Å². The SMILES string of the molecule is c1ccc(-c2cccc(N(c3ccccc3)c3ccc(-c4cccc5ccc6oc7ccccc7c6c45)cc3)c2)cc1. The number of benzene rings is 7. The summed E-state index contributed by atoms with van der Waals surface area (Å²) in [5.41, 5.74) is 9.95. The van der Waals surface area contributed by atoms with Crippen LogP contribution in [0.15, 0.2) is 168 Å². The number of hydrogen-bond donors (Lipinski definition) is 0. The highest BCUT2D eigenvalue weighted by Crippen LogP contribution is 2.41. The molecule has 8 rings (SSSR count). The summed E-state index contributed by atoms with van der Waals surface area (Å²) >= 11 is 0. The Kier molecular flexibility index (Phi) is 5.82. The van der Waals surface area contributed by atoms with Gasteiger partial charge in [0.25, 0.3) is 0 Å². The van der Waals surface area contributed by atoms with Crippen molar-refractivity contribution in [3.63, 3.8) is 0 Å². The second-order valence-electron chi connectivity index (χ2n) is 10.6. The van der Waals surface area contributed by atoms with E-state index in [-0.39, 0.29) is 0 Å². The fourth-order valence-electron chi connectivity index (χ4n) is 6.10. The third kappa shape index (κ3) is 4.13. The maximum absolute atomic E-state index is 6.23. The first kappa shape index (κ1) is 24.2. The Bertz CT molecular complexity index is 2180. The molecule has 0 N–H and O–H groups in total. The molecule has 42 heavy (non-hydrogen) atoms. The largest absolute Gasteiger partial charge is 0.456 e. The van der Waals surface area contributed by atoms with Gasteiger partial charge < -0.3 is 9.32 Å². The minimum absolute atomic E-state index is 0.918. The van der Waals surface area contributed by atoms with Gasteiger partial charge in [0.05, 0.1) is 0 Å². The summed E-state index contributed by atoms with van der Waals surface area (Å²) in [6, 6.07) is 57.9. The summed E-state index contributed by atoms with van der Waals surface area (Å²) in [6.07, 6.45) is 0. The van der Waals surface area contributed by atoms with Crippen LogP contribution in [-0.4, -0.2) is 0 Å². The van der Waals surface area contributed by atoms with Gasteiger partial charge in [-0.05, 0) is 76.2 Å². The lowest BCUT2D eigenvalue weighted by Crippen LogP contribution is -2.09. The smallest absolute Gasteiger partial charge is 0.136 e. The summed E-state index contributed by atoms with van der Waals surface area (Å²) in [6.45, 7) is 0. The van der Waals surface area contributed by atoms with Gasteiger partial charge in [-0.3, -0.25) is 0 Å². The van der Waals surface area contributed by atoms with Crippen LogP contribution < -0.4 is 4.90 Å². The Balaban J connectivity index is 1.27. The van der Waals surface area contributed by atoms with Crippen LogP contribution in [0.3, 0.4) is 0 Å². The lowest BCUT2D eigenvalue weighted by atomic mass is 9.94. The van der Waals surface area contributed by atoms with Crippen molar-refractivity contribution in [1.82, 2.24) is 0 Å². The Morgan fingerprint density at radius 1 is 0.381 bits per heavy atom. The van der Waals surface area contributed by atoms with Gasteiger partial charge in [0.15, 0.2) is 0 Å². The predicted molar refractivity (Wildman–Crippen MR) is 177 cm³/mol. The molecule has 7 aromatic carbocycles. The first-order valence-corrected chi connectivity index (χ1v) is 14.3. The molecule has 0 saturated carbocycles. The molecular weight excluding hydrogens is 510 g/mol. The molecule has 0 saturated heterocycles. The number of hydrogen-bond acceptors (Lipinski definition) is 2. The number of para-hydroxylation sites is 2. The minimum Gasteiger partial charge on any atom is -0.456 e. The molecular formula is C40H27NO. The number of fused-ring (bicyclic) bond motifs is 5. The molecule has 1 heterocycles. The number of anilines is 3. The molecule has 0 spiro atoms. The van der Waals surface area contributed by atoms with Crippen molar-refractivity contribution in [1.29, 1.82) is 0 Å². The molecule has 0 aliphatic heterocycles. The zero-order valence-electron chi connectivity index (χ0n) is 22.9. The summed E-state index contributed by atoms with van der Waals surface area (Å²) in [7, 11) is 0. The quantitative estimate of drug-likeness (QED) is 0.217. The number of furan rings is 1. The van der Waals surface area contributed by atoms with Gasteiger partial charge in [-0.15, -0.1) is 0 Å². The summed E-state index contributed by atoms with van der Waals surface area (Å²) < 4.78 is 6.23. The van der Waals surface area contributed by atoms with Crippen molar-refractivity contribution in [2.75, 3.05) is 4.90 Å². The van der Waals surface area contributed by atoms with Gasteiger partial charge in [-0.1, -0.05) is 115 Å². The topological polar surface area (TPSA) is 16.4 Å². The molecule has 0 atom stereocenters. The first-order chi connectivity index (χ1) is 20.8. The minimum atomic E-state index is 0.918. The van der Waals surface area contributed by atoms with Crippen LogP contribution in [0, 0.1) is 0 Å². The van der Waals surface area contributed by atoms with Crippen LogP contribution in [0.5, 0.6) is 0 Å². The van der Waals surface area contributed by atoms with E-state index >= 15 is 0 Å². The molecule has 2 heteroatoms. The van der Waals surface area contributed by atoms with Crippen molar-refractivity contribution < 1.29 is 4.42 Å². The van der Waals surface area contributed by atoms with Crippen molar-refractivity contribution in [2.24, 2.45) is 0 Å². The predicted octanol–water partition coefficient (Wildman–Crippen LogP) is 11.5. The molecule has 0 aliphatic rings. The summed E-state index contributed by atoms with van der Waals surface area (Å²) in [4.78, 5) is 2.32. The van der Waals surface area contributed by atoms with E-state index in [1.165, 1.54) is 38.4 Å². The highest BCUT2D eigenvalue weighted by Gasteiger charge is 2.16. The Morgan fingerprint density at radius 2 is 1.05 bits per heavy atom. The van der Waals surface area contributed by atoms with Gasteiger partial charge in [0.1, 0.15) is 11.2 Å². The van der Waals surface area contributed by atoms with Gasteiger partial charge in [0.2, 0.25) is 0 Å². The monoisotopic (exact) mass is 537 g/mol. The highest BCUT2D eigenvalue weighted by atomic mass is 16.3. The van der Waals surface area contributed by atoms with Crippen molar-refractivity contribution in [3.05, 3.63) is 164 Å². The van der Waals surface area contributed by atoms with E-state index < -0.39 is 0 Å². The molecule has 0 fully saturated rings. The van der Waals surface area contributed by atoms with Crippen molar-refractivity contribution >= 4 is 49.8 Å². The zero-order chi connectivity index (χ0) is 27.9. The van der Waals surface area contributed by atoms with E-state index in [1.807, 2.05) is 12.1 Å². The second-order valence-corrected chi connectivity index (χ2v) is 10.6. The molecule has 0 radical (unpaired) electrons. The number of nitrogens with zero attached hydrogens (tertiary/aromatic N) is 1. The summed E-state index contributed by atoms with van der Waals surface area (Å²) in [5.74, 6) is 0. The molecule has 198 valence electrons. The third-order valence-electron chi connectivity index (χ3n) is 8.05. The summed E-state index contributed by atoms with van der Waals surface area (Å²) in [5, 5.41) is 4.75. The van der Waals surface area contributed by atoms with Crippen LogP contribution in [0.25, 0.3) is 55.0 Å². The fraction of sp³-hybridized carbons (Fsp3) is 0. The maximum Gasteiger partial charge on any atom is 0.136 e. The van der Waals surface area contributed by atoms with E-state index in [9.17, 15) is 0 Å². The van der Waals surface area contributed by atoms with E-state index in [4.69, 9.17) is 4.42 Å². The zero-order valence-corrected chi connectivity index (χ0v) is 22.9. The second kappa shape index (κ2) is 10.1. The standard InChI is InChI=1S/C40H27NO/c1-3-11-28(12-4-1)31-14-9-17-34(27-31)41(32-15-5-2-6-16-32)33-24-21-29(22-25-33)35-19-10-13-30-23-26-38-40(39(30)35)36-18-7-8-20-37(36)42-38/h1-27H. The molecule has 0 bridgehead atoms. The van der Waals surface area contributed by atoms with E-state index in [1.54, 1.807) is 0 Å². The van der Waals surface area contributed by atoms with Gasteiger partial charge in [-0.2, -0.15) is 0 Å². The number of rotatable bonds is 5. The van der Waals surface area contributed by atoms with Crippen LogP contribution in [0.2, 0.25) is 0 Å². The molecule has 0 amide bonds. The van der Waals surface area contributed by atoms with Gasteiger partial charge in [0, 0.05) is 33.2 Å². The van der Waals surface area contributed by atoms with Crippen LogP contribution in [0.4, 0.5) is 17.1 Å². The third-order valence-corrected chi connectivity index (χ3v) is 8.05. The Morgan fingerprint density at radius 3 is 1.88 bits per heavy atom. The van der Waals surface area contributed by atoms with Crippen molar-refractivity contribution in [2.45, 2.75) is 0 Å². The fourth-order valence-corrected chi connectivity index (χ4v) is 6.10. The molecule has 2 nitrogen and oxygen atoms in total. The Hall–Kier alpha value is -5.60. The van der Waals surface area contributed by atoms with Gasteiger partial charge in [-0.25, -0.2) is 0 Å². The lowest BCUT2D eigenvalue weighted by Gasteiger charge is -2.26. The van der Waals surface area contributed by atoms with Crippen molar-refractivity contribution in [3.8, 4) is 22.3 Å². The highest BCUT2D eigenvalue weighted by molar-refractivity contribution is 6.22. The Labute approximate surface area is 244 Å². The van der Waals surface area contributed by atoms with Gasteiger partial charge >= 0.3 is 0 Å². The maximum atomic E-state index is 6.23. The van der Waals surface area contributed by atoms with E-state index in [0.29, 0.717) is 0 Å². The molecule has 8 aromatic rings. The molecule has 1 aromatic heterocycles. The first-order valence-electron chi connectivity index (χ1n) is 14.3. The van der Waals surface area contributed by atoms with E-state index in [0.717, 1.165) is 33.6 Å². The lowest BCUT2D eigenvalue weighted by molar-refractivity contribution is 0.669. The molecule has 0 aliphatic carbocycles. The average molecular weight is 538 g/mol. The van der Waals surface area contributed by atoms with Crippen LogP contribution in [0.1, 0.15) is 0 Å². The van der Waals surface area contributed by atoms with Crippen LogP contribution in [-0.2, 0) is 0 Å². The average Bonchev–Trinajstić information content (AvgIpc) is 3.45. The normalized spacial score (nSPS) is 11.3. The molecule has 0 unspecified atom stereocenters. The van der Waals surface area contributed by atoms with E-state index in [2.05, 4.69) is 157 Å².